The Morgan fingerprint density at radius 2 is 1.28 bits per heavy atom. The summed E-state index contributed by atoms with van der Waals surface area (Å²) < 4.78 is 51.8. The number of nitrogens with one attached hydrogen (secondary N) is 6. The summed E-state index contributed by atoms with van der Waals surface area (Å²) in [7, 11) is -4.04. The highest BCUT2D eigenvalue weighted by atomic mass is 32.2. The Morgan fingerprint density at radius 1 is 0.733 bits per heavy atom. The van der Waals surface area contributed by atoms with Gasteiger partial charge in [-0.3, -0.25) is 30.0 Å². The lowest BCUT2D eigenvalue weighted by molar-refractivity contribution is -0.139. The average molecular weight is 879 g/mol. The number of unbranched alkanes of at least 4 members (excludes halogenated alkanes) is 5. The summed E-state index contributed by atoms with van der Waals surface area (Å²) in [6, 6.07) is 9.16. The van der Waals surface area contributed by atoms with Crippen molar-refractivity contribution < 1.29 is 41.7 Å². The van der Waals surface area contributed by atoms with E-state index in [-0.39, 0.29) is 39.4 Å². The number of hydrazine groups is 1. The molecule has 1 fully saturated rings. The zero-order valence-corrected chi connectivity index (χ0v) is 38.4. The molecule has 3 rings (SSSR count). The molecule has 15 nitrogen and oxygen atoms in total. The molecular formula is C43H70N6O9S2. The first-order valence-electron chi connectivity index (χ1n) is 21.1. The molecule has 0 aliphatic carbocycles. The number of carbonyl (C=O) groups excluding carboxylic acids is 3. The van der Waals surface area contributed by atoms with E-state index in [2.05, 4.69) is 66.1 Å². The average Bonchev–Trinajstić information content (AvgIpc) is 3.16. The van der Waals surface area contributed by atoms with Crippen LogP contribution < -0.4 is 31.5 Å². The van der Waals surface area contributed by atoms with E-state index >= 15 is 0 Å². The first kappa shape index (κ1) is 50.9. The molecule has 0 atom stereocenters. The molecule has 3 amide bonds. The minimum atomic E-state index is -4.04. The fourth-order valence-corrected chi connectivity index (χ4v) is 9.15. The van der Waals surface area contributed by atoms with Crippen LogP contribution in [0.5, 0.6) is 0 Å². The lowest BCUT2D eigenvalue weighted by Crippen LogP contribution is -2.63. The smallest absolute Gasteiger partial charge is 0.327 e. The number of anilines is 3. The molecule has 0 saturated carbocycles. The van der Waals surface area contributed by atoms with Gasteiger partial charge in [-0.15, -0.1) is 11.8 Å². The van der Waals surface area contributed by atoms with Crippen LogP contribution in [0.3, 0.4) is 0 Å². The monoisotopic (exact) mass is 878 g/mol. The maximum atomic E-state index is 13.5. The van der Waals surface area contributed by atoms with Gasteiger partial charge in [-0.05, 0) is 102 Å². The van der Waals surface area contributed by atoms with Crippen LogP contribution in [0.1, 0.15) is 97.1 Å². The van der Waals surface area contributed by atoms with E-state index in [0.717, 1.165) is 18.6 Å². The van der Waals surface area contributed by atoms with E-state index in [9.17, 15) is 22.8 Å². The molecule has 338 valence electrons. The van der Waals surface area contributed by atoms with Crippen molar-refractivity contribution in [2.24, 2.45) is 0 Å². The molecule has 0 aromatic heterocycles. The number of amides is 3. The van der Waals surface area contributed by atoms with Gasteiger partial charge in [0.25, 0.3) is 10.0 Å². The first-order valence-corrected chi connectivity index (χ1v) is 23.7. The Bertz CT molecular complexity index is 1730. The third-order valence-corrected chi connectivity index (χ3v) is 12.2. The molecule has 1 saturated heterocycles. The largest absolute Gasteiger partial charge is 0.379 e. The van der Waals surface area contributed by atoms with Crippen LogP contribution in [0.4, 0.5) is 17.1 Å². The van der Waals surface area contributed by atoms with Crippen molar-refractivity contribution >= 4 is 56.6 Å². The van der Waals surface area contributed by atoms with Crippen molar-refractivity contribution in [1.29, 1.82) is 0 Å². The summed E-state index contributed by atoms with van der Waals surface area (Å²) in [5, 5.41) is 9.25. The molecule has 2 aromatic carbocycles. The van der Waals surface area contributed by atoms with E-state index < -0.39 is 21.8 Å². The number of rotatable bonds is 28. The zero-order chi connectivity index (χ0) is 44.0. The van der Waals surface area contributed by atoms with Crippen molar-refractivity contribution in [3.8, 4) is 0 Å². The number of ether oxygens (including phenoxy) is 4. The minimum Gasteiger partial charge on any atom is -0.379 e. The second-order valence-corrected chi connectivity index (χ2v) is 19.2. The molecule has 2 aromatic rings. The van der Waals surface area contributed by atoms with Gasteiger partial charge in [0.15, 0.2) is 0 Å². The molecule has 0 radical (unpaired) electrons. The van der Waals surface area contributed by atoms with Crippen LogP contribution in [-0.4, -0.2) is 108 Å². The summed E-state index contributed by atoms with van der Waals surface area (Å²) in [5.41, 5.74) is 6.99. The van der Waals surface area contributed by atoms with Gasteiger partial charge < -0.3 is 34.9 Å². The van der Waals surface area contributed by atoms with Gasteiger partial charge in [-0.2, -0.15) is 0 Å². The van der Waals surface area contributed by atoms with Crippen LogP contribution in [0, 0.1) is 13.8 Å². The van der Waals surface area contributed by atoms with E-state index in [1.807, 2.05) is 0 Å². The number of benzene rings is 2. The SMILES string of the molecule is CCCCCCCCOCCOCCOCCOCCSCC(=O)Nc1c(C)ccc(S(=O)(=O)Nc2ccc(NNC(=O)C(=O)NC3CC(C)(C)NC(C)(C)C3)cc2)c1C. The van der Waals surface area contributed by atoms with Gasteiger partial charge in [0.05, 0.1) is 62.6 Å². The number of carbonyl (C=O) groups is 3. The predicted molar refractivity (Wildman–Crippen MR) is 240 cm³/mol. The second-order valence-electron chi connectivity index (χ2n) is 16.4. The van der Waals surface area contributed by atoms with Crippen LogP contribution in [0.25, 0.3) is 0 Å². The summed E-state index contributed by atoms with van der Waals surface area (Å²) in [5.74, 6) is -1.06. The lowest BCUT2D eigenvalue weighted by atomic mass is 9.79. The Kier molecular flexibility index (Phi) is 22.2. The predicted octanol–water partition coefficient (Wildman–Crippen LogP) is 6.07. The normalized spacial score (nSPS) is 15.0. The van der Waals surface area contributed by atoms with Gasteiger partial charge >= 0.3 is 11.8 Å². The second kappa shape index (κ2) is 26.1. The van der Waals surface area contributed by atoms with Crippen molar-refractivity contribution in [2.45, 2.75) is 122 Å². The standard InChI is InChI=1S/C43H70N6O9S2/c1-8-9-10-11-12-13-20-55-21-22-56-23-24-57-25-26-58-27-28-59-31-38(50)45-39-32(2)14-19-37(33(39)3)60(53,54)48-35-17-15-34(16-18-35)46-47-41(52)40(51)44-36-29-42(4,5)49-43(6,7)30-36/h14-19,36,46,48-49H,8-13,20-31H2,1-7H3,(H,44,51)(H,45,50)(H,47,52). The molecule has 17 heteroatoms. The number of piperidine rings is 1. The Hall–Kier alpha value is -3.45. The molecule has 0 spiro atoms. The Morgan fingerprint density at radius 3 is 1.90 bits per heavy atom. The third kappa shape index (κ3) is 19.5. The Labute approximate surface area is 362 Å². The van der Waals surface area contributed by atoms with E-state index in [0.29, 0.717) is 81.8 Å². The molecule has 1 aliphatic heterocycles. The highest BCUT2D eigenvalue weighted by molar-refractivity contribution is 8.00. The van der Waals surface area contributed by atoms with Crippen LogP contribution in [0.15, 0.2) is 41.3 Å². The maximum absolute atomic E-state index is 13.5. The van der Waals surface area contributed by atoms with E-state index in [1.54, 1.807) is 32.0 Å². The molecule has 6 N–H and O–H groups in total. The summed E-state index contributed by atoms with van der Waals surface area (Å²) in [6.07, 6.45) is 8.86. The summed E-state index contributed by atoms with van der Waals surface area (Å²) in [4.78, 5) is 38.0. The molecule has 1 aliphatic rings. The third-order valence-electron chi connectivity index (χ3n) is 9.73. The number of sulfonamides is 1. The van der Waals surface area contributed by atoms with Gasteiger partial charge in [-0.1, -0.05) is 45.1 Å². The maximum Gasteiger partial charge on any atom is 0.327 e. The van der Waals surface area contributed by atoms with Gasteiger partial charge in [0, 0.05) is 40.9 Å². The first-order chi connectivity index (χ1) is 28.5. The molecule has 60 heavy (non-hydrogen) atoms. The van der Waals surface area contributed by atoms with Gasteiger partial charge in [-0.25, -0.2) is 8.42 Å². The number of aryl methyl sites for hydroxylation is 1. The molecule has 0 bridgehead atoms. The highest BCUT2D eigenvalue weighted by Crippen LogP contribution is 2.30. The number of hydrogen-bond acceptors (Lipinski definition) is 12. The van der Waals surface area contributed by atoms with E-state index in [1.165, 1.54) is 62.1 Å². The van der Waals surface area contributed by atoms with Crippen molar-refractivity contribution in [2.75, 3.05) is 79.8 Å². The minimum absolute atomic E-state index is 0.0204. The number of thioether (sulfide) groups is 1. The lowest BCUT2D eigenvalue weighted by Gasteiger charge is -2.46. The van der Waals surface area contributed by atoms with Gasteiger partial charge in [0.2, 0.25) is 5.91 Å². The van der Waals surface area contributed by atoms with Crippen LogP contribution in [0.2, 0.25) is 0 Å². The Balaban J connectivity index is 1.31. The molecular weight excluding hydrogens is 809 g/mol. The highest BCUT2D eigenvalue weighted by Gasteiger charge is 2.38. The zero-order valence-electron chi connectivity index (χ0n) is 36.8. The van der Waals surface area contributed by atoms with Crippen molar-refractivity contribution in [1.82, 2.24) is 16.1 Å². The van der Waals surface area contributed by atoms with Crippen molar-refractivity contribution in [3.05, 3.63) is 47.5 Å². The van der Waals surface area contributed by atoms with Gasteiger partial charge in [0.1, 0.15) is 0 Å². The fraction of sp³-hybridized carbons (Fsp3) is 0.651. The van der Waals surface area contributed by atoms with Crippen LogP contribution in [-0.2, 0) is 43.4 Å². The summed E-state index contributed by atoms with van der Waals surface area (Å²) in [6.45, 7) is 18.2. The van der Waals surface area contributed by atoms with Crippen molar-refractivity contribution in [3.63, 3.8) is 0 Å². The number of hydrogen-bond donors (Lipinski definition) is 6. The molecule has 0 unspecified atom stereocenters. The van der Waals surface area contributed by atoms with E-state index in [4.69, 9.17) is 18.9 Å². The fourth-order valence-electron chi connectivity index (χ4n) is 7.21. The quantitative estimate of drug-likeness (QED) is 0.0329. The molecule has 1 heterocycles. The van der Waals surface area contributed by atoms with Crippen LogP contribution >= 0.6 is 11.8 Å². The summed E-state index contributed by atoms with van der Waals surface area (Å²) >= 11 is 1.42. The topological polar surface area (TPSA) is 194 Å².